The minimum Gasteiger partial charge on any atom is -0.360 e. The topological polar surface area (TPSA) is 12.0 Å². The van der Waals surface area contributed by atoms with Gasteiger partial charge in [-0.2, -0.15) is 0 Å². The van der Waals surface area contributed by atoms with Crippen LogP contribution in [-0.2, 0) is 17.4 Å². The monoisotopic (exact) mass is 213 g/mol. The number of rotatable bonds is 2. The van der Waals surface area contributed by atoms with Gasteiger partial charge in [0.05, 0.1) is 0 Å². The molecule has 0 amide bonds. The van der Waals surface area contributed by atoms with Crippen molar-refractivity contribution in [3.8, 4) is 0 Å². The summed E-state index contributed by atoms with van der Waals surface area (Å²) < 4.78 is 3.74. The van der Waals surface area contributed by atoms with E-state index >= 15 is 0 Å². The maximum atomic E-state index is 3.74. The zero-order valence-electron chi connectivity index (χ0n) is 7.91. The quantitative estimate of drug-likeness (QED) is 0.694. The van der Waals surface area contributed by atoms with Gasteiger partial charge in [0.2, 0.25) is 0 Å². The van der Waals surface area contributed by atoms with Crippen LogP contribution in [0.3, 0.4) is 0 Å². The van der Waals surface area contributed by atoms with Crippen molar-refractivity contribution in [2.24, 2.45) is 0 Å². The fraction of sp³-hybridized carbons (Fsp3) is 1.00. The molecule has 0 spiro atoms. The second-order valence-corrected chi connectivity index (χ2v) is 14.6. The van der Waals surface area contributed by atoms with Crippen molar-refractivity contribution in [2.45, 2.75) is 39.3 Å². The summed E-state index contributed by atoms with van der Waals surface area (Å²) in [6.07, 6.45) is 0. The van der Waals surface area contributed by atoms with Gasteiger partial charge >= 0.3 is 0 Å². The molecule has 0 aromatic heterocycles. The predicted molar refractivity (Wildman–Crippen MR) is 49.8 cm³/mol. The van der Waals surface area contributed by atoms with Crippen LogP contribution in [0.15, 0.2) is 0 Å². The number of hydrogen-bond acceptors (Lipinski definition) is 1. The summed E-state index contributed by atoms with van der Waals surface area (Å²) in [6.45, 7) is 14.1. The molecule has 0 atom stereocenters. The van der Waals surface area contributed by atoms with E-state index in [4.69, 9.17) is 0 Å². The largest absolute Gasteiger partial charge is 0.360 e. The summed E-state index contributed by atoms with van der Waals surface area (Å²) in [5, 5.41) is 0. The first-order valence-corrected chi connectivity index (χ1v) is 10.5. The van der Waals surface area contributed by atoms with Gasteiger partial charge in [-0.15, -0.1) is 0 Å². The minimum atomic E-state index is -0.981. The Kier molecular flexibility index (Phi) is 5.51. The summed E-state index contributed by atoms with van der Waals surface area (Å²) in [6, 6.07) is 0. The van der Waals surface area contributed by atoms with Crippen LogP contribution in [0.5, 0.6) is 0 Å². The normalized spacial score (nSPS) is 12.6. The average molecular weight is 213 g/mol. The molecule has 0 rings (SSSR count). The van der Waals surface area contributed by atoms with E-state index in [-0.39, 0.29) is 17.4 Å². The van der Waals surface area contributed by atoms with Gasteiger partial charge in [0.15, 0.2) is 0 Å². The minimum absolute atomic E-state index is 0. The van der Waals surface area contributed by atoms with Crippen LogP contribution >= 0.6 is 0 Å². The van der Waals surface area contributed by atoms with Crippen LogP contribution in [0.1, 0.15) is 0 Å². The summed E-state index contributed by atoms with van der Waals surface area (Å²) in [7, 11) is -1.96. The molecule has 0 aromatic rings. The van der Waals surface area contributed by atoms with Crippen molar-refractivity contribution in [1.29, 1.82) is 0 Å². The molecular formula is C6H19CrNSi2. The van der Waals surface area contributed by atoms with Crippen molar-refractivity contribution >= 4 is 16.5 Å². The summed E-state index contributed by atoms with van der Waals surface area (Å²) in [4.78, 5) is 0. The van der Waals surface area contributed by atoms with Crippen LogP contribution in [0.25, 0.3) is 0 Å². The first-order valence-electron chi connectivity index (χ1n) is 3.50. The van der Waals surface area contributed by atoms with Gasteiger partial charge in [0.1, 0.15) is 16.5 Å². The Balaban J connectivity index is 0. The third-order valence-corrected chi connectivity index (χ3v) is 6.75. The van der Waals surface area contributed by atoms with Crippen molar-refractivity contribution < 1.29 is 17.4 Å². The number of hydrogen-bond donors (Lipinski definition) is 1. The Bertz CT molecular complexity index is 80.9. The maximum Gasteiger partial charge on any atom is 0.109 e. The van der Waals surface area contributed by atoms with E-state index in [0.29, 0.717) is 0 Å². The van der Waals surface area contributed by atoms with Crippen molar-refractivity contribution in [1.82, 2.24) is 4.65 Å². The fourth-order valence-corrected chi connectivity index (χ4v) is 10.1. The Morgan fingerprint density at radius 3 is 0.900 bits per heavy atom. The molecule has 0 heterocycles. The molecule has 4 heteroatoms. The van der Waals surface area contributed by atoms with E-state index in [0.717, 1.165) is 0 Å². The second-order valence-electron chi connectivity index (χ2n) is 4.62. The van der Waals surface area contributed by atoms with Crippen LogP contribution in [0.2, 0.25) is 39.3 Å². The van der Waals surface area contributed by atoms with Gasteiger partial charge in [0.25, 0.3) is 0 Å². The van der Waals surface area contributed by atoms with Crippen LogP contribution in [0.4, 0.5) is 0 Å². The molecule has 10 heavy (non-hydrogen) atoms. The van der Waals surface area contributed by atoms with E-state index in [2.05, 4.69) is 43.9 Å². The Labute approximate surface area is 77.9 Å². The molecular weight excluding hydrogens is 194 g/mol. The standard InChI is InChI=1S/C6H19NSi2.Cr/c1-8(2,3)7-9(4,5)6;/h7H,1-6H3;. The molecule has 1 nitrogen and oxygen atoms in total. The van der Waals surface area contributed by atoms with Crippen molar-refractivity contribution in [2.75, 3.05) is 0 Å². The van der Waals surface area contributed by atoms with E-state index < -0.39 is 16.5 Å². The van der Waals surface area contributed by atoms with Gasteiger partial charge in [-0.3, -0.25) is 0 Å². The van der Waals surface area contributed by atoms with Gasteiger partial charge in [-0.05, 0) is 0 Å². The van der Waals surface area contributed by atoms with Crippen LogP contribution in [0, 0.1) is 0 Å². The Morgan fingerprint density at radius 1 is 0.700 bits per heavy atom. The molecule has 0 aliphatic rings. The van der Waals surface area contributed by atoms with Crippen LogP contribution in [-0.4, -0.2) is 16.5 Å². The molecule has 0 saturated heterocycles. The van der Waals surface area contributed by atoms with Crippen LogP contribution < -0.4 is 4.65 Å². The molecule has 0 aliphatic carbocycles. The van der Waals surface area contributed by atoms with E-state index in [1.807, 2.05) is 0 Å². The molecule has 0 aromatic carbocycles. The average Bonchev–Trinajstić information content (AvgIpc) is 1.14. The van der Waals surface area contributed by atoms with Gasteiger partial charge < -0.3 is 4.65 Å². The predicted octanol–water partition coefficient (Wildman–Crippen LogP) is 2.24. The smallest absolute Gasteiger partial charge is 0.109 e. The summed E-state index contributed by atoms with van der Waals surface area (Å²) in [5.41, 5.74) is 0. The molecule has 0 aliphatic heterocycles. The third-order valence-electron chi connectivity index (χ3n) is 0.750. The van der Waals surface area contributed by atoms with Crippen molar-refractivity contribution in [3.63, 3.8) is 0 Å². The van der Waals surface area contributed by atoms with Crippen molar-refractivity contribution in [3.05, 3.63) is 0 Å². The zero-order chi connectivity index (χ0) is 7.71. The SMILES string of the molecule is C[Si](C)(C)N[Si](C)(C)C.[Cr]. The van der Waals surface area contributed by atoms with E-state index in [1.54, 1.807) is 0 Å². The molecule has 0 bridgehead atoms. The maximum absolute atomic E-state index is 3.74. The number of nitrogens with one attached hydrogen (secondary N) is 1. The van der Waals surface area contributed by atoms with E-state index in [9.17, 15) is 0 Å². The second kappa shape index (κ2) is 4.08. The third kappa shape index (κ3) is 11.7. The molecule has 1 N–H and O–H groups in total. The molecule has 0 unspecified atom stereocenters. The first-order chi connectivity index (χ1) is 3.71. The molecule has 0 saturated carbocycles. The first kappa shape index (κ1) is 13.5. The Hall–Kier alpha value is 0.926. The zero-order valence-corrected chi connectivity index (χ0v) is 11.2. The summed E-state index contributed by atoms with van der Waals surface area (Å²) in [5.74, 6) is 0. The summed E-state index contributed by atoms with van der Waals surface area (Å²) >= 11 is 0. The molecule has 0 fully saturated rings. The van der Waals surface area contributed by atoms with E-state index in [1.165, 1.54) is 0 Å². The fourth-order valence-electron chi connectivity index (χ4n) is 1.12. The van der Waals surface area contributed by atoms with Gasteiger partial charge in [0, 0.05) is 17.4 Å². The van der Waals surface area contributed by atoms with Gasteiger partial charge in [-0.1, -0.05) is 39.3 Å². The molecule has 0 radical (unpaired) electrons. The van der Waals surface area contributed by atoms with Gasteiger partial charge in [-0.25, -0.2) is 0 Å². The molecule has 62 valence electrons. The Morgan fingerprint density at radius 2 is 0.900 bits per heavy atom.